The van der Waals surface area contributed by atoms with Gasteiger partial charge in [-0.25, -0.2) is 0 Å². The van der Waals surface area contributed by atoms with E-state index >= 15 is 0 Å². The standard InChI is InChI=1S/C22H22N2O3/c23-21(25)17-3-7-20(8-4-17)27-19-5-1-16(2-6-19)9-12-22(26)15-24-13-10-18(22)11-14-24/h1-8,18,26H,10-11,13-15H2,(H2,23,25)/t22-/m0/s1. The average Bonchev–Trinajstić information content (AvgIpc) is 2.69. The zero-order chi connectivity index (χ0) is 18.9. The number of aliphatic hydroxyl groups is 1. The molecule has 0 radical (unpaired) electrons. The lowest BCUT2D eigenvalue weighted by atomic mass is 9.76. The second-order valence-corrected chi connectivity index (χ2v) is 7.24. The van der Waals surface area contributed by atoms with Crippen LogP contribution < -0.4 is 10.5 Å². The van der Waals surface area contributed by atoms with Crippen molar-refractivity contribution >= 4 is 5.91 Å². The van der Waals surface area contributed by atoms with Crippen LogP contribution in [0.5, 0.6) is 11.5 Å². The highest BCUT2D eigenvalue weighted by atomic mass is 16.5. The smallest absolute Gasteiger partial charge is 0.248 e. The molecule has 0 spiro atoms. The Balaban J connectivity index is 1.43. The van der Waals surface area contributed by atoms with E-state index in [9.17, 15) is 9.90 Å². The molecule has 0 aliphatic carbocycles. The summed E-state index contributed by atoms with van der Waals surface area (Å²) in [5, 5.41) is 10.9. The minimum atomic E-state index is -0.895. The van der Waals surface area contributed by atoms with Crippen molar-refractivity contribution in [2.45, 2.75) is 18.4 Å². The van der Waals surface area contributed by atoms with Gasteiger partial charge in [0.05, 0.1) is 0 Å². The molecule has 5 nitrogen and oxygen atoms in total. The third kappa shape index (κ3) is 3.82. The van der Waals surface area contributed by atoms with Crippen LogP contribution in [0.25, 0.3) is 0 Å². The van der Waals surface area contributed by atoms with E-state index in [2.05, 4.69) is 16.7 Å². The number of hydrogen-bond acceptors (Lipinski definition) is 4. The fourth-order valence-corrected chi connectivity index (χ4v) is 3.79. The topological polar surface area (TPSA) is 75.8 Å². The summed E-state index contributed by atoms with van der Waals surface area (Å²) < 4.78 is 5.77. The molecule has 3 aliphatic rings. The first-order chi connectivity index (χ1) is 13.0. The molecule has 2 aromatic carbocycles. The number of carbonyl (C=O) groups is 1. The Morgan fingerprint density at radius 1 is 1.07 bits per heavy atom. The van der Waals surface area contributed by atoms with E-state index in [0.717, 1.165) is 31.5 Å². The fourth-order valence-electron chi connectivity index (χ4n) is 3.79. The average molecular weight is 362 g/mol. The maximum Gasteiger partial charge on any atom is 0.248 e. The molecular weight excluding hydrogens is 340 g/mol. The third-order valence-corrected chi connectivity index (χ3v) is 5.38. The van der Waals surface area contributed by atoms with Crippen LogP contribution in [0.3, 0.4) is 0 Å². The molecule has 2 aromatic rings. The Bertz CT molecular complexity index is 888. The van der Waals surface area contributed by atoms with Crippen molar-refractivity contribution in [1.82, 2.24) is 4.90 Å². The van der Waals surface area contributed by atoms with E-state index in [1.807, 2.05) is 24.3 Å². The quantitative estimate of drug-likeness (QED) is 0.822. The van der Waals surface area contributed by atoms with Crippen LogP contribution >= 0.6 is 0 Å². The minimum absolute atomic E-state index is 0.279. The summed E-state index contributed by atoms with van der Waals surface area (Å²) in [6.07, 6.45) is 2.04. The van der Waals surface area contributed by atoms with Crippen molar-refractivity contribution in [3.8, 4) is 23.3 Å². The van der Waals surface area contributed by atoms with E-state index < -0.39 is 11.5 Å². The number of carbonyl (C=O) groups excluding carboxylic acids is 1. The maximum absolute atomic E-state index is 11.1. The number of nitrogens with two attached hydrogens (primary N) is 1. The van der Waals surface area contributed by atoms with E-state index in [-0.39, 0.29) is 5.92 Å². The predicted octanol–water partition coefficient (Wildman–Crippen LogP) is 2.39. The summed E-state index contributed by atoms with van der Waals surface area (Å²) in [6.45, 7) is 2.79. The minimum Gasteiger partial charge on any atom is -0.457 e. The molecule has 3 fully saturated rings. The van der Waals surface area contributed by atoms with Crippen LogP contribution in [-0.2, 0) is 0 Å². The summed E-state index contributed by atoms with van der Waals surface area (Å²) in [5.74, 6) is 7.34. The maximum atomic E-state index is 11.1. The lowest BCUT2D eigenvalue weighted by Crippen LogP contribution is -2.58. The Hall–Kier alpha value is -2.81. The van der Waals surface area contributed by atoms with Crippen LogP contribution in [0.2, 0.25) is 0 Å². The van der Waals surface area contributed by atoms with Crippen LogP contribution in [0.15, 0.2) is 48.5 Å². The molecule has 3 aliphatic heterocycles. The Kier molecular flexibility index (Phi) is 4.61. The molecule has 0 unspecified atom stereocenters. The van der Waals surface area contributed by atoms with Crippen molar-refractivity contribution in [2.24, 2.45) is 11.7 Å². The van der Waals surface area contributed by atoms with Crippen molar-refractivity contribution in [3.63, 3.8) is 0 Å². The van der Waals surface area contributed by atoms with Gasteiger partial charge in [0.25, 0.3) is 0 Å². The zero-order valence-corrected chi connectivity index (χ0v) is 15.0. The van der Waals surface area contributed by atoms with Crippen molar-refractivity contribution in [1.29, 1.82) is 0 Å². The summed E-state index contributed by atoms with van der Waals surface area (Å²) in [4.78, 5) is 13.4. The van der Waals surface area contributed by atoms with Crippen molar-refractivity contribution < 1.29 is 14.6 Å². The number of nitrogens with zero attached hydrogens (tertiary/aromatic N) is 1. The largest absolute Gasteiger partial charge is 0.457 e. The summed E-state index contributed by atoms with van der Waals surface area (Å²) in [6, 6.07) is 14.1. The van der Waals surface area contributed by atoms with E-state index in [4.69, 9.17) is 10.5 Å². The third-order valence-electron chi connectivity index (χ3n) is 5.38. The van der Waals surface area contributed by atoms with Gasteiger partial charge >= 0.3 is 0 Å². The number of fused-ring (bicyclic) bond motifs is 3. The second-order valence-electron chi connectivity index (χ2n) is 7.24. The highest BCUT2D eigenvalue weighted by Crippen LogP contribution is 2.35. The van der Waals surface area contributed by atoms with Crippen LogP contribution in [-0.4, -0.2) is 41.1 Å². The SMILES string of the molecule is NC(=O)c1ccc(Oc2ccc(C#C[C@]3(O)CN4CCC3CC4)cc2)cc1. The predicted molar refractivity (Wildman–Crippen MR) is 102 cm³/mol. The molecular formula is C22H22N2O3. The molecule has 27 heavy (non-hydrogen) atoms. The second kappa shape index (κ2) is 7.07. The van der Waals surface area contributed by atoms with Crippen molar-refractivity contribution in [2.75, 3.05) is 19.6 Å². The van der Waals surface area contributed by atoms with Crippen molar-refractivity contribution in [3.05, 3.63) is 59.7 Å². The lowest BCUT2D eigenvalue weighted by molar-refractivity contribution is -0.0713. The number of amides is 1. The number of ether oxygens (including phenoxy) is 1. The van der Waals surface area contributed by atoms with Crippen LogP contribution in [0.4, 0.5) is 0 Å². The number of primary amides is 1. The van der Waals surface area contributed by atoms with Gasteiger partial charge in [0.2, 0.25) is 5.91 Å². The molecule has 2 bridgehead atoms. The molecule has 1 amide bonds. The van der Waals surface area contributed by atoms with E-state index in [1.54, 1.807) is 24.3 Å². The summed E-state index contributed by atoms with van der Waals surface area (Å²) >= 11 is 0. The van der Waals surface area contributed by atoms with Gasteiger partial charge in [0, 0.05) is 23.6 Å². The molecule has 0 saturated carbocycles. The first-order valence-corrected chi connectivity index (χ1v) is 9.17. The molecule has 1 atom stereocenters. The van der Waals surface area contributed by atoms with Gasteiger partial charge in [-0.15, -0.1) is 0 Å². The first-order valence-electron chi connectivity index (χ1n) is 9.17. The Morgan fingerprint density at radius 2 is 1.67 bits per heavy atom. The highest BCUT2D eigenvalue weighted by molar-refractivity contribution is 5.92. The lowest BCUT2D eigenvalue weighted by Gasteiger charge is -2.47. The van der Waals surface area contributed by atoms with E-state index in [1.165, 1.54) is 0 Å². The normalized spacial score (nSPS) is 26.1. The van der Waals surface area contributed by atoms with Crippen LogP contribution in [0.1, 0.15) is 28.8 Å². The van der Waals surface area contributed by atoms with Crippen LogP contribution in [0, 0.1) is 17.8 Å². The van der Waals surface area contributed by atoms with Gasteiger partial charge in [-0.1, -0.05) is 11.8 Å². The number of hydrogen-bond donors (Lipinski definition) is 2. The molecule has 0 aromatic heterocycles. The molecule has 3 N–H and O–H groups in total. The highest BCUT2D eigenvalue weighted by Gasteiger charge is 2.44. The number of benzene rings is 2. The zero-order valence-electron chi connectivity index (χ0n) is 15.0. The molecule has 5 rings (SSSR count). The van der Waals surface area contributed by atoms with Gasteiger partial charge in [-0.3, -0.25) is 9.69 Å². The molecule has 138 valence electrons. The van der Waals surface area contributed by atoms with Gasteiger partial charge < -0.3 is 15.6 Å². The monoisotopic (exact) mass is 362 g/mol. The fraction of sp³-hybridized carbons (Fsp3) is 0.318. The molecule has 3 saturated heterocycles. The van der Waals surface area contributed by atoms with E-state index in [0.29, 0.717) is 23.6 Å². The number of rotatable bonds is 3. The van der Waals surface area contributed by atoms with Gasteiger partial charge in [-0.2, -0.15) is 0 Å². The Morgan fingerprint density at radius 3 is 2.19 bits per heavy atom. The molecule has 5 heteroatoms. The first kappa shape index (κ1) is 17.6. The van der Waals surface area contributed by atoms with Gasteiger partial charge in [0.1, 0.15) is 17.1 Å². The van der Waals surface area contributed by atoms with Gasteiger partial charge in [0.15, 0.2) is 0 Å². The summed E-state index contributed by atoms with van der Waals surface area (Å²) in [5.41, 5.74) is 5.62. The van der Waals surface area contributed by atoms with Gasteiger partial charge in [-0.05, 0) is 74.5 Å². The molecule has 3 heterocycles. The Labute approximate surface area is 158 Å². The summed E-state index contributed by atoms with van der Waals surface area (Å²) in [7, 11) is 0. The number of piperidine rings is 3.